The Hall–Kier alpha value is -1.40. The van der Waals surface area contributed by atoms with Gasteiger partial charge in [-0.1, -0.05) is 6.92 Å². The Balaban J connectivity index is 2.21. The summed E-state index contributed by atoms with van der Waals surface area (Å²) in [4.78, 5) is 26.2. The van der Waals surface area contributed by atoms with Crippen LogP contribution >= 0.6 is 0 Å². The van der Waals surface area contributed by atoms with Crippen LogP contribution in [0.1, 0.15) is 13.3 Å². The highest BCUT2D eigenvalue weighted by Gasteiger charge is 2.19. The van der Waals surface area contributed by atoms with Crippen molar-refractivity contribution in [3.05, 3.63) is 33.1 Å². The highest BCUT2D eigenvalue weighted by Crippen LogP contribution is 2.03. The van der Waals surface area contributed by atoms with Gasteiger partial charge in [0, 0.05) is 31.9 Å². The molecule has 0 N–H and O–H groups in total. The summed E-state index contributed by atoms with van der Waals surface area (Å²) < 4.78 is 8.47. The number of nitrogens with zero attached hydrogens (tertiary/aromatic N) is 3. The van der Waals surface area contributed by atoms with Gasteiger partial charge in [0.25, 0.3) is 5.56 Å². The molecular formula is C13H21N3O3. The van der Waals surface area contributed by atoms with E-state index in [4.69, 9.17) is 4.74 Å². The Labute approximate surface area is 112 Å². The molecule has 106 valence electrons. The van der Waals surface area contributed by atoms with Crippen molar-refractivity contribution in [3.63, 3.8) is 0 Å². The number of hydrogen-bond donors (Lipinski definition) is 0. The van der Waals surface area contributed by atoms with Crippen molar-refractivity contribution < 1.29 is 4.74 Å². The van der Waals surface area contributed by atoms with E-state index in [0.29, 0.717) is 19.7 Å². The number of morpholine rings is 1. The van der Waals surface area contributed by atoms with Crippen LogP contribution in [0.3, 0.4) is 0 Å². The maximum atomic E-state index is 12.2. The van der Waals surface area contributed by atoms with Gasteiger partial charge >= 0.3 is 5.69 Å². The molecular weight excluding hydrogens is 246 g/mol. The molecule has 0 aliphatic carbocycles. The van der Waals surface area contributed by atoms with E-state index in [9.17, 15) is 9.59 Å². The quantitative estimate of drug-likeness (QED) is 0.755. The molecule has 1 fully saturated rings. The fourth-order valence-corrected chi connectivity index (χ4v) is 2.32. The van der Waals surface area contributed by atoms with E-state index < -0.39 is 0 Å². The Kier molecular flexibility index (Phi) is 4.55. The zero-order chi connectivity index (χ0) is 13.8. The molecule has 0 aromatic carbocycles. The van der Waals surface area contributed by atoms with Gasteiger partial charge in [-0.05, 0) is 13.5 Å². The van der Waals surface area contributed by atoms with Gasteiger partial charge in [-0.3, -0.25) is 9.36 Å². The van der Waals surface area contributed by atoms with Crippen LogP contribution < -0.4 is 11.2 Å². The highest BCUT2D eigenvalue weighted by atomic mass is 16.5. The second-order valence-electron chi connectivity index (χ2n) is 5.00. The first kappa shape index (κ1) is 14.0. The maximum absolute atomic E-state index is 12.2. The molecule has 0 radical (unpaired) electrons. The minimum atomic E-state index is -0.255. The van der Waals surface area contributed by atoms with Crippen molar-refractivity contribution in [2.45, 2.75) is 32.5 Å². The summed E-state index contributed by atoms with van der Waals surface area (Å²) in [6.07, 6.45) is 2.33. The van der Waals surface area contributed by atoms with Crippen LogP contribution in [0.2, 0.25) is 0 Å². The minimum absolute atomic E-state index is 0.0957. The molecule has 1 saturated heterocycles. The second-order valence-corrected chi connectivity index (χ2v) is 5.00. The molecule has 2 heterocycles. The molecule has 1 aromatic heterocycles. The Morgan fingerprint density at radius 1 is 1.42 bits per heavy atom. The number of aryl methyl sites for hydroxylation is 1. The molecule has 1 unspecified atom stereocenters. The van der Waals surface area contributed by atoms with Gasteiger partial charge in [0.15, 0.2) is 0 Å². The largest absolute Gasteiger partial charge is 0.374 e. The average Bonchev–Trinajstić information content (AvgIpc) is 2.38. The second kappa shape index (κ2) is 6.16. The lowest BCUT2D eigenvalue weighted by atomic mass is 10.3. The molecule has 6 nitrogen and oxygen atoms in total. The molecule has 19 heavy (non-hydrogen) atoms. The number of aromatic nitrogens is 2. The normalized spacial score (nSPS) is 20.6. The zero-order valence-electron chi connectivity index (χ0n) is 11.5. The average molecular weight is 267 g/mol. The molecule has 1 atom stereocenters. The summed E-state index contributed by atoms with van der Waals surface area (Å²) in [7, 11) is 2.01. The summed E-state index contributed by atoms with van der Waals surface area (Å²) >= 11 is 0. The van der Waals surface area contributed by atoms with Gasteiger partial charge in [-0.15, -0.1) is 0 Å². The lowest BCUT2D eigenvalue weighted by molar-refractivity contribution is -0.0286. The lowest BCUT2D eigenvalue weighted by Gasteiger charge is -2.30. The number of hydrogen-bond acceptors (Lipinski definition) is 4. The van der Waals surface area contributed by atoms with Crippen molar-refractivity contribution >= 4 is 0 Å². The Morgan fingerprint density at radius 2 is 2.21 bits per heavy atom. The fraction of sp³-hybridized carbons (Fsp3) is 0.692. The SMILES string of the molecule is CCCn1ccc(=O)n(CC2CN(C)CCO2)c1=O. The summed E-state index contributed by atoms with van der Waals surface area (Å²) in [6, 6.07) is 1.45. The lowest BCUT2D eigenvalue weighted by Crippen LogP contribution is -2.47. The van der Waals surface area contributed by atoms with Gasteiger partial charge in [0.05, 0.1) is 19.3 Å². The van der Waals surface area contributed by atoms with Crippen molar-refractivity contribution in [3.8, 4) is 0 Å². The van der Waals surface area contributed by atoms with Gasteiger partial charge < -0.3 is 14.2 Å². The standard InChI is InChI=1S/C13H21N3O3/c1-3-5-15-6-4-12(17)16(13(15)18)10-11-9-14(2)7-8-19-11/h4,6,11H,3,5,7-10H2,1-2H3. The first-order chi connectivity index (χ1) is 9.11. The van der Waals surface area contributed by atoms with Gasteiger partial charge in [-0.25, -0.2) is 4.79 Å². The molecule has 1 aromatic rings. The van der Waals surface area contributed by atoms with E-state index in [2.05, 4.69) is 4.90 Å². The van der Waals surface area contributed by atoms with E-state index >= 15 is 0 Å². The molecule has 0 saturated carbocycles. The molecule has 0 amide bonds. The van der Waals surface area contributed by atoms with E-state index in [1.165, 1.54) is 10.6 Å². The summed E-state index contributed by atoms with van der Waals surface area (Å²) in [5.41, 5.74) is -0.500. The monoisotopic (exact) mass is 267 g/mol. The third-order valence-electron chi connectivity index (χ3n) is 3.33. The van der Waals surface area contributed by atoms with Crippen LogP contribution in [0.5, 0.6) is 0 Å². The van der Waals surface area contributed by atoms with Crippen molar-refractivity contribution in [1.29, 1.82) is 0 Å². The van der Waals surface area contributed by atoms with Gasteiger partial charge in [-0.2, -0.15) is 0 Å². The van der Waals surface area contributed by atoms with Crippen LogP contribution in [-0.4, -0.2) is 46.9 Å². The zero-order valence-corrected chi connectivity index (χ0v) is 11.5. The van der Waals surface area contributed by atoms with Gasteiger partial charge in [0.1, 0.15) is 0 Å². The smallest absolute Gasteiger partial charge is 0.331 e. The third-order valence-corrected chi connectivity index (χ3v) is 3.33. The first-order valence-electron chi connectivity index (χ1n) is 6.72. The van der Waals surface area contributed by atoms with E-state index in [1.807, 2.05) is 14.0 Å². The van der Waals surface area contributed by atoms with E-state index in [-0.39, 0.29) is 17.4 Å². The van der Waals surface area contributed by atoms with Crippen LogP contribution in [0.25, 0.3) is 0 Å². The summed E-state index contributed by atoms with van der Waals surface area (Å²) in [5, 5.41) is 0. The molecule has 6 heteroatoms. The van der Waals surface area contributed by atoms with Gasteiger partial charge in [0.2, 0.25) is 0 Å². The molecule has 1 aliphatic heterocycles. The summed E-state index contributed by atoms with van der Waals surface area (Å²) in [5.74, 6) is 0. The van der Waals surface area contributed by atoms with Crippen LogP contribution in [0.4, 0.5) is 0 Å². The third kappa shape index (κ3) is 3.33. The number of ether oxygens (including phenoxy) is 1. The predicted molar refractivity (Wildman–Crippen MR) is 72.5 cm³/mol. The highest BCUT2D eigenvalue weighted by molar-refractivity contribution is 4.87. The topological polar surface area (TPSA) is 56.5 Å². The number of rotatable bonds is 4. The number of likely N-dealkylation sites (N-methyl/N-ethyl adjacent to an activating group) is 1. The molecule has 0 spiro atoms. The molecule has 2 rings (SSSR count). The minimum Gasteiger partial charge on any atom is -0.374 e. The predicted octanol–water partition coefficient (Wildman–Crippen LogP) is -0.249. The maximum Gasteiger partial charge on any atom is 0.331 e. The van der Waals surface area contributed by atoms with E-state index in [1.54, 1.807) is 10.8 Å². The van der Waals surface area contributed by atoms with Crippen molar-refractivity contribution in [1.82, 2.24) is 14.0 Å². The van der Waals surface area contributed by atoms with E-state index in [0.717, 1.165) is 19.5 Å². The molecule has 1 aliphatic rings. The van der Waals surface area contributed by atoms with Crippen LogP contribution in [0.15, 0.2) is 21.9 Å². The fourth-order valence-electron chi connectivity index (χ4n) is 2.32. The Bertz CT molecular complexity index is 535. The first-order valence-corrected chi connectivity index (χ1v) is 6.72. The van der Waals surface area contributed by atoms with Crippen molar-refractivity contribution in [2.24, 2.45) is 0 Å². The molecule has 0 bridgehead atoms. The Morgan fingerprint density at radius 3 is 2.89 bits per heavy atom. The van der Waals surface area contributed by atoms with Crippen LogP contribution in [0, 0.1) is 0 Å². The summed E-state index contributed by atoms with van der Waals surface area (Å²) in [6.45, 7) is 5.24. The van der Waals surface area contributed by atoms with Crippen LogP contribution in [-0.2, 0) is 17.8 Å². The van der Waals surface area contributed by atoms with Crippen molar-refractivity contribution in [2.75, 3.05) is 26.7 Å².